The van der Waals surface area contributed by atoms with Crippen molar-refractivity contribution in [2.24, 2.45) is 0 Å². The minimum Gasteiger partial charge on any atom is -0.490 e. The molecule has 0 aliphatic carbocycles. The molecule has 1 aliphatic heterocycles. The zero-order valence-corrected chi connectivity index (χ0v) is 11.1. The summed E-state index contributed by atoms with van der Waals surface area (Å²) in [6.07, 6.45) is 4.75. The fourth-order valence-electron chi connectivity index (χ4n) is 2.21. The van der Waals surface area contributed by atoms with Crippen LogP contribution in [0.3, 0.4) is 0 Å². The van der Waals surface area contributed by atoms with E-state index in [-0.39, 0.29) is 4.83 Å². The van der Waals surface area contributed by atoms with Crippen molar-refractivity contribution in [3.8, 4) is 5.75 Å². The minimum atomic E-state index is 0.183. The van der Waals surface area contributed by atoms with E-state index in [1.54, 1.807) is 12.5 Å². The van der Waals surface area contributed by atoms with E-state index in [0.29, 0.717) is 6.10 Å². The van der Waals surface area contributed by atoms with Crippen LogP contribution in [0.2, 0.25) is 0 Å². The van der Waals surface area contributed by atoms with Crippen LogP contribution in [0.25, 0.3) is 0 Å². The summed E-state index contributed by atoms with van der Waals surface area (Å²) in [5, 5.41) is 0. The number of benzene rings is 1. The number of hydrogen-bond donors (Lipinski definition) is 0. The molecule has 0 spiro atoms. The zero-order valence-electron chi connectivity index (χ0n) is 9.52. The number of furan rings is 1. The molecule has 0 fully saturated rings. The first-order chi connectivity index (χ1) is 8.24. The fourth-order valence-corrected chi connectivity index (χ4v) is 2.76. The molecule has 2 heterocycles. The average Bonchev–Trinajstić information content (AvgIpc) is 2.94. The van der Waals surface area contributed by atoms with Crippen LogP contribution in [0.1, 0.15) is 28.4 Å². The maximum absolute atomic E-state index is 5.70. The van der Waals surface area contributed by atoms with Crippen molar-refractivity contribution in [2.75, 3.05) is 0 Å². The highest BCUT2D eigenvalue weighted by Crippen LogP contribution is 2.36. The first-order valence-corrected chi connectivity index (χ1v) is 6.61. The monoisotopic (exact) mass is 292 g/mol. The third-order valence-electron chi connectivity index (χ3n) is 3.05. The van der Waals surface area contributed by atoms with Gasteiger partial charge in [-0.05, 0) is 30.2 Å². The summed E-state index contributed by atoms with van der Waals surface area (Å²) >= 11 is 3.70. The molecule has 0 amide bonds. The third-order valence-corrected chi connectivity index (χ3v) is 4.11. The van der Waals surface area contributed by atoms with Gasteiger partial charge in [-0.15, -0.1) is 0 Å². The normalized spacial score (nSPS) is 19.8. The van der Waals surface area contributed by atoms with Crippen molar-refractivity contribution in [3.63, 3.8) is 0 Å². The number of halogens is 1. The summed E-state index contributed by atoms with van der Waals surface area (Å²) in [6.45, 7) is 2.10. The van der Waals surface area contributed by atoms with Crippen LogP contribution in [0.5, 0.6) is 5.75 Å². The molecule has 0 saturated carbocycles. The van der Waals surface area contributed by atoms with E-state index >= 15 is 0 Å². The number of fused-ring (bicyclic) bond motifs is 1. The van der Waals surface area contributed by atoms with Gasteiger partial charge in [0.2, 0.25) is 0 Å². The summed E-state index contributed by atoms with van der Waals surface area (Å²) in [5.74, 6) is 1.02. The van der Waals surface area contributed by atoms with Gasteiger partial charge < -0.3 is 9.15 Å². The lowest BCUT2D eigenvalue weighted by molar-refractivity contribution is 0.254. The second-order valence-corrected chi connectivity index (χ2v) is 5.33. The molecule has 88 valence electrons. The molecule has 3 heteroatoms. The van der Waals surface area contributed by atoms with Crippen LogP contribution in [0.4, 0.5) is 0 Å². The maximum atomic E-state index is 5.70. The first-order valence-electron chi connectivity index (χ1n) is 5.69. The fraction of sp³-hybridized carbons (Fsp3) is 0.286. The highest BCUT2D eigenvalue weighted by atomic mass is 79.9. The number of hydrogen-bond acceptors (Lipinski definition) is 2. The highest BCUT2D eigenvalue weighted by molar-refractivity contribution is 9.09. The molecule has 2 atom stereocenters. The highest BCUT2D eigenvalue weighted by Gasteiger charge is 2.21. The molecule has 2 aromatic rings. The standard InChI is InChI=1S/C14H13BrO2/c1-9-6-12-7-10(2-3-13(12)17-9)14(15)11-4-5-16-8-11/h2-5,7-9,14H,6H2,1H3. The Morgan fingerprint density at radius 1 is 1.29 bits per heavy atom. The second kappa shape index (κ2) is 4.22. The predicted octanol–water partition coefficient (Wildman–Crippen LogP) is 4.09. The van der Waals surface area contributed by atoms with Gasteiger partial charge in [0.15, 0.2) is 0 Å². The average molecular weight is 293 g/mol. The summed E-state index contributed by atoms with van der Waals surface area (Å²) in [5.41, 5.74) is 3.67. The molecule has 0 saturated heterocycles. The summed E-state index contributed by atoms with van der Waals surface area (Å²) in [7, 11) is 0. The molecule has 2 nitrogen and oxygen atoms in total. The molecule has 1 aromatic heterocycles. The first kappa shape index (κ1) is 10.9. The van der Waals surface area contributed by atoms with Crippen molar-refractivity contribution >= 4 is 15.9 Å². The molecule has 0 N–H and O–H groups in total. The van der Waals surface area contributed by atoms with Gasteiger partial charge in [0.05, 0.1) is 17.4 Å². The van der Waals surface area contributed by atoms with E-state index < -0.39 is 0 Å². The molecule has 0 radical (unpaired) electrons. The van der Waals surface area contributed by atoms with Crippen molar-refractivity contribution in [1.82, 2.24) is 0 Å². The van der Waals surface area contributed by atoms with E-state index in [2.05, 4.69) is 41.1 Å². The van der Waals surface area contributed by atoms with E-state index in [1.807, 2.05) is 6.07 Å². The summed E-state index contributed by atoms with van der Waals surface area (Å²) in [6, 6.07) is 8.35. The zero-order chi connectivity index (χ0) is 11.8. The predicted molar refractivity (Wildman–Crippen MR) is 69.7 cm³/mol. The van der Waals surface area contributed by atoms with Crippen molar-refractivity contribution < 1.29 is 9.15 Å². The molecule has 2 unspecified atom stereocenters. The van der Waals surface area contributed by atoms with E-state index in [4.69, 9.17) is 9.15 Å². The molecule has 3 rings (SSSR count). The molecule has 17 heavy (non-hydrogen) atoms. The topological polar surface area (TPSA) is 22.4 Å². The van der Waals surface area contributed by atoms with Crippen LogP contribution in [0.15, 0.2) is 41.2 Å². The van der Waals surface area contributed by atoms with Gasteiger partial charge in [0, 0.05) is 12.0 Å². The Morgan fingerprint density at radius 3 is 2.94 bits per heavy atom. The van der Waals surface area contributed by atoms with Crippen LogP contribution < -0.4 is 4.74 Å². The number of ether oxygens (including phenoxy) is 1. The summed E-state index contributed by atoms with van der Waals surface area (Å²) in [4.78, 5) is 0.183. The lowest BCUT2D eigenvalue weighted by Crippen LogP contribution is -2.05. The van der Waals surface area contributed by atoms with Gasteiger partial charge in [0.25, 0.3) is 0 Å². The van der Waals surface area contributed by atoms with E-state index in [1.165, 1.54) is 11.1 Å². The van der Waals surface area contributed by atoms with Crippen LogP contribution in [0, 0.1) is 0 Å². The Labute approximate surface area is 109 Å². The van der Waals surface area contributed by atoms with Gasteiger partial charge in [-0.3, -0.25) is 0 Å². The summed E-state index contributed by atoms with van der Waals surface area (Å²) < 4.78 is 10.8. The lowest BCUT2D eigenvalue weighted by Gasteiger charge is -2.09. The van der Waals surface area contributed by atoms with Gasteiger partial charge in [-0.2, -0.15) is 0 Å². The Morgan fingerprint density at radius 2 is 2.18 bits per heavy atom. The van der Waals surface area contributed by atoms with Crippen LogP contribution in [-0.2, 0) is 6.42 Å². The molecule has 0 bridgehead atoms. The Bertz CT molecular complexity index is 519. The Kier molecular flexibility index (Phi) is 2.71. The third kappa shape index (κ3) is 2.00. The Balaban J connectivity index is 1.93. The quantitative estimate of drug-likeness (QED) is 0.778. The molecular weight excluding hydrogens is 280 g/mol. The van der Waals surface area contributed by atoms with Crippen molar-refractivity contribution in [3.05, 3.63) is 53.5 Å². The van der Waals surface area contributed by atoms with Crippen molar-refractivity contribution in [1.29, 1.82) is 0 Å². The molecular formula is C14H13BrO2. The second-order valence-electron chi connectivity index (χ2n) is 4.42. The van der Waals surface area contributed by atoms with Gasteiger partial charge in [0.1, 0.15) is 11.9 Å². The smallest absolute Gasteiger partial charge is 0.123 e. The SMILES string of the molecule is CC1Cc2cc(C(Br)c3ccoc3)ccc2O1. The largest absolute Gasteiger partial charge is 0.490 e. The van der Waals surface area contributed by atoms with Crippen LogP contribution >= 0.6 is 15.9 Å². The van der Waals surface area contributed by atoms with E-state index in [9.17, 15) is 0 Å². The number of rotatable bonds is 2. The van der Waals surface area contributed by atoms with Gasteiger partial charge in [-0.1, -0.05) is 28.1 Å². The maximum Gasteiger partial charge on any atom is 0.123 e. The van der Waals surface area contributed by atoms with Gasteiger partial charge in [-0.25, -0.2) is 0 Å². The minimum absolute atomic E-state index is 0.183. The number of alkyl halides is 1. The van der Waals surface area contributed by atoms with Crippen LogP contribution in [-0.4, -0.2) is 6.10 Å². The lowest BCUT2D eigenvalue weighted by atomic mass is 10.0. The Hall–Kier alpha value is -1.22. The molecule has 1 aliphatic rings. The van der Waals surface area contributed by atoms with E-state index in [0.717, 1.165) is 17.7 Å². The van der Waals surface area contributed by atoms with Gasteiger partial charge >= 0.3 is 0 Å². The molecule has 1 aromatic carbocycles. The van der Waals surface area contributed by atoms with Crippen molar-refractivity contribution in [2.45, 2.75) is 24.3 Å².